The van der Waals surface area contributed by atoms with Crippen LogP contribution in [0.25, 0.3) is 0 Å². The summed E-state index contributed by atoms with van der Waals surface area (Å²) in [5.74, 6) is 0.676. The highest BCUT2D eigenvalue weighted by atomic mass is 32.2. The maximum atomic E-state index is 12.7. The summed E-state index contributed by atoms with van der Waals surface area (Å²) in [6.45, 7) is 10.2. The number of aromatic amines is 1. The summed E-state index contributed by atoms with van der Waals surface area (Å²) in [7, 11) is -3.56. The topological polar surface area (TPSA) is 75.3 Å². The molecule has 7 heteroatoms. The minimum absolute atomic E-state index is 0.155. The molecule has 1 aliphatic rings. The molecule has 1 fully saturated rings. The van der Waals surface area contributed by atoms with Crippen molar-refractivity contribution in [2.24, 2.45) is 0 Å². The Morgan fingerprint density at radius 1 is 1.30 bits per heavy atom. The van der Waals surface area contributed by atoms with Gasteiger partial charge in [0.1, 0.15) is 5.82 Å². The van der Waals surface area contributed by atoms with Crippen LogP contribution in [0.5, 0.6) is 0 Å². The number of sulfonamides is 1. The van der Waals surface area contributed by atoms with Crippen LogP contribution in [0.3, 0.4) is 0 Å². The molecule has 0 bridgehead atoms. The van der Waals surface area contributed by atoms with Gasteiger partial charge in [0.05, 0.1) is 17.4 Å². The molecule has 2 rings (SSSR count). The predicted molar refractivity (Wildman–Crippen MR) is 76.0 cm³/mol. The zero-order valence-electron chi connectivity index (χ0n) is 12.7. The van der Waals surface area contributed by atoms with Gasteiger partial charge in [0.2, 0.25) is 0 Å². The Labute approximate surface area is 120 Å². The molecule has 0 unspecified atom stereocenters. The van der Waals surface area contributed by atoms with Gasteiger partial charge in [-0.25, -0.2) is 13.4 Å². The number of nitrogens with one attached hydrogen (secondary N) is 1. The lowest BCUT2D eigenvalue weighted by Gasteiger charge is -2.46. The molecule has 0 aromatic carbocycles. The third-order valence-corrected chi connectivity index (χ3v) is 4.93. The van der Waals surface area contributed by atoms with Gasteiger partial charge in [-0.05, 0) is 27.7 Å². The molecule has 1 aromatic heterocycles. The second kappa shape index (κ2) is 4.82. The van der Waals surface area contributed by atoms with Gasteiger partial charge in [0.15, 0.2) is 5.03 Å². The fraction of sp³-hybridized carbons (Fsp3) is 0.769. The molecule has 1 saturated heterocycles. The molecule has 0 saturated carbocycles. The van der Waals surface area contributed by atoms with Gasteiger partial charge in [0.25, 0.3) is 10.0 Å². The van der Waals surface area contributed by atoms with E-state index in [1.54, 1.807) is 0 Å². The Balaban J connectivity index is 2.33. The van der Waals surface area contributed by atoms with Crippen molar-refractivity contribution in [1.29, 1.82) is 0 Å². The van der Waals surface area contributed by atoms with Crippen LogP contribution in [-0.2, 0) is 21.2 Å². The minimum atomic E-state index is -3.56. The molecular formula is C13H23N3O3S. The van der Waals surface area contributed by atoms with Gasteiger partial charge in [0, 0.05) is 19.5 Å². The summed E-state index contributed by atoms with van der Waals surface area (Å²) in [6.07, 6.45) is 2.07. The standard InChI is InChI=1S/C13H23N3O3S/c1-6-10-14-7-11(15-10)20(17,18)16-8-12(2,3)19-13(4,5)9-16/h7H,6,8-9H2,1-5H3,(H,14,15). The smallest absolute Gasteiger partial charge is 0.260 e. The molecule has 1 aliphatic heterocycles. The van der Waals surface area contributed by atoms with Crippen LogP contribution >= 0.6 is 0 Å². The van der Waals surface area contributed by atoms with Crippen LogP contribution in [0.2, 0.25) is 0 Å². The summed E-state index contributed by atoms with van der Waals surface area (Å²) < 4.78 is 32.8. The minimum Gasteiger partial charge on any atom is -0.367 e. The highest BCUT2D eigenvalue weighted by Gasteiger charge is 2.43. The average Bonchev–Trinajstić information content (AvgIpc) is 2.73. The third kappa shape index (κ3) is 3.05. The van der Waals surface area contributed by atoms with E-state index in [1.807, 2.05) is 34.6 Å². The second-order valence-corrected chi connectivity index (χ2v) is 8.35. The number of H-pyrrole nitrogens is 1. The van der Waals surface area contributed by atoms with Crippen molar-refractivity contribution in [3.8, 4) is 0 Å². The first-order valence-corrected chi connectivity index (χ1v) is 8.24. The number of hydrogen-bond acceptors (Lipinski definition) is 4. The SMILES string of the molecule is CCc1ncc(S(=O)(=O)N2CC(C)(C)OC(C)(C)C2)[nH]1. The molecule has 1 N–H and O–H groups in total. The molecule has 0 radical (unpaired) electrons. The monoisotopic (exact) mass is 301 g/mol. The van der Waals surface area contributed by atoms with E-state index in [0.29, 0.717) is 25.3 Å². The Kier molecular flexibility index (Phi) is 3.73. The van der Waals surface area contributed by atoms with Crippen molar-refractivity contribution in [2.75, 3.05) is 13.1 Å². The molecule has 114 valence electrons. The molecule has 20 heavy (non-hydrogen) atoms. The molecule has 6 nitrogen and oxygen atoms in total. The van der Waals surface area contributed by atoms with Gasteiger partial charge < -0.3 is 9.72 Å². The summed E-state index contributed by atoms with van der Waals surface area (Å²) >= 11 is 0. The lowest BCUT2D eigenvalue weighted by atomic mass is 10.0. The van der Waals surface area contributed by atoms with Crippen LogP contribution < -0.4 is 0 Å². The van der Waals surface area contributed by atoms with Crippen LogP contribution in [0.1, 0.15) is 40.4 Å². The lowest BCUT2D eigenvalue weighted by molar-refractivity contribution is -0.163. The van der Waals surface area contributed by atoms with Crippen LogP contribution in [-0.4, -0.2) is 47.0 Å². The van der Waals surface area contributed by atoms with Crippen molar-refractivity contribution in [3.63, 3.8) is 0 Å². The van der Waals surface area contributed by atoms with E-state index in [0.717, 1.165) is 0 Å². The molecule has 0 spiro atoms. The predicted octanol–water partition coefficient (Wildman–Crippen LogP) is 1.55. The van der Waals surface area contributed by atoms with Crippen molar-refractivity contribution in [3.05, 3.63) is 12.0 Å². The number of aromatic nitrogens is 2. The van der Waals surface area contributed by atoms with Crippen molar-refractivity contribution in [2.45, 2.75) is 57.3 Å². The Bertz CT molecular complexity index is 574. The fourth-order valence-electron chi connectivity index (χ4n) is 2.68. The summed E-state index contributed by atoms with van der Waals surface area (Å²) in [4.78, 5) is 6.95. The van der Waals surface area contributed by atoms with Gasteiger partial charge >= 0.3 is 0 Å². The van der Waals surface area contributed by atoms with E-state index in [-0.39, 0.29) is 5.03 Å². The number of ether oxygens (including phenoxy) is 1. The van der Waals surface area contributed by atoms with E-state index >= 15 is 0 Å². The summed E-state index contributed by atoms with van der Waals surface area (Å²) in [6, 6.07) is 0. The van der Waals surface area contributed by atoms with Crippen molar-refractivity contribution < 1.29 is 13.2 Å². The zero-order valence-corrected chi connectivity index (χ0v) is 13.5. The molecule has 2 heterocycles. The number of hydrogen-bond donors (Lipinski definition) is 1. The molecule has 0 aliphatic carbocycles. The van der Waals surface area contributed by atoms with E-state index in [9.17, 15) is 8.42 Å². The van der Waals surface area contributed by atoms with Crippen LogP contribution in [0.15, 0.2) is 11.2 Å². The first-order valence-electron chi connectivity index (χ1n) is 6.80. The van der Waals surface area contributed by atoms with Crippen LogP contribution in [0, 0.1) is 0 Å². The summed E-state index contributed by atoms with van der Waals surface area (Å²) in [5.41, 5.74) is -1.02. The first kappa shape index (κ1) is 15.5. The van der Waals surface area contributed by atoms with E-state index in [2.05, 4.69) is 9.97 Å². The highest BCUT2D eigenvalue weighted by Crippen LogP contribution is 2.31. The quantitative estimate of drug-likeness (QED) is 0.919. The Morgan fingerprint density at radius 3 is 2.30 bits per heavy atom. The number of morpholine rings is 1. The van der Waals surface area contributed by atoms with Crippen LogP contribution in [0.4, 0.5) is 0 Å². The van der Waals surface area contributed by atoms with E-state index in [1.165, 1.54) is 10.5 Å². The van der Waals surface area contributed by atoms with Gasteiger partial charge in [-0.15, -0.1) is 0 Å². The highest BCUT2D eigenvalue weighted by molar-refractivity contribution is 7.89. The Hall–Kier alpha value is -0.920. The molecule has 0 atom stereocenters. The number of aryl methyl sites for hydroxylation is 1. The van der Waals surface area contributed by atoms with Crippen molar-refractivity contribution in [1.82, 2.24) is 14.3 Å². The second-order valence-electron chi connectivity index (χ2n) is 6.44. The normalized spacial score (nSPS) is 22.9. The number of nitrogens with zero attached hydrogens (tertiary/aromatic N) is 2. The van der Waals surface area contributed by atoms with Crippen molar-refractivity contribution >= 4 is 10.0 Å². The average molecular weight is 301 g/mol. The molecular weight excluding hydrogens is 278 g/mol. The van der Waals surface area contributed by atoms with Gasteiger partial charge in [-0.3, -0.25) is 0 Å². The zero-order chi connectivity index (χ0) is 15.2. The van der Waals surface area contributed by atoms with E-state index < -0.39 is 21.2 Å². The van der Waals surface area contributed by atoms with Gasteiger partial charge in [-0.2, -0.15) is 4.31 Å². The Morgan fingerprint density at radius 2 is 1.85 bits per heavy atom. The fourth-order valence-corrected chi connectivity index (χ4v) is 4.35. The maximum absolute atomic E-state index is 12.7. The van der Waals surface area contributed by atoms with E-state index in [4.69, 9.17) is 4.74 Å². The first-order chi connectivity index (χ1) is 9.06. The molecule has 0 amide bonds. The third-order valence-electron chi connectivity index (χ3n) is 3.22. The maximum Gasteiger partial charge on any atom is 0.260 e. The number of imidazole rings is 1. The lowest BCUT2D eigenvalue weighted by Crippen LogP contribution is -2.58. The number of rotatable bonds is 3. The molecule has 1 aromatic rings. The largest absolute Gasteiger partial charge is 0.367 e. The summed E-state index contributed by atoms with van der Waals surface area (Å²) in [5, 5.41) is 0.155. The van der Waals surface area contributed by atoms with Gasteiger partial charge in [-0.1, -0.05) is 6.92 Å².